The maximum atomic E-state index is 6.10. The van der Waals surface area contributed by atoms with E-state index in [0.717, 1.165) is 60.8 Å². The van der Waals surface area contributed by atoms with Crippen LogP contribution in [0.5, 0.6) is 5.75 Å². The molecule has 0 amide bonds. The summed E-state index contributed by atoms with van der Waals surface area (Å²) in [5.41, 5.74) is 0. The van der Waals surface area contributed by atoms with Crippen molar-refractivity contribution in [2.24, 2.45) is 0 Å². The van der Waals surface area contributed by atoms with Crippen molar-refractivity contribution in [3.05, 3.63) is 41.2 Å². The van der Waals surface area contributed by atoms with Gasteiger partial charge in [0, 0.05) is 13.1 Å². The standard InChI is InChI=1S/C17H21N5O2S/c1-2-14(24-13-6-4-3-5-7-13)16-20-22-15(18-19-17(22)25-16)12-21-8-10-23-11-9-21/h3-7,14H,2,8-12H2,1H3. The number of rotatable bonds is 6. The molecule has 1 unspecified atom stereocenters. The smallest absolute Gasteiger partial charge is 0.234 e. The number of morpholine rings is 1. The van der Waals surface area contributed by atoms with Gasteiger partial charge in [0.2, 0.25) is 4.96 Å². The lowest BCUT2D eigenvalue weighted by molar-refractivity contribution is 0.0328. The SMILES string of the molecule is CCC(Oc1ccccc1)c1nn2c(CN3CCOCC3)nnc2s1. The molecule has 1 aromatic carbocycles. The third-order valence-electron chi connectivity index (χ3n) is 4.21. The third kappa shape index (κ3) is 3.65. The number of ether oxygens (including phenoxy) is 2. The Kier molecular flexibility index (Phi) is 4.91. The molecule has 2 aromatic heterocycles. The summed E-state index contributed by atoms with van der Waals surface area (Å²) < 4.78 is 13.4. The number of hydrogen-bond acceptors (Lipinski definition) is 7. The van der Waals surface area contributed by atoms with Crippen LogP contribution in [0.25, 0.3) is 4.96 Å². The second-order valence-electron chi connectivity index (χ2n) is 5.97. The number of aromatic nitrogens is 4. The van der Waals surface area contributed by atoms with Gasteiger partial charge in [-0.15, -0.1) is 10.2 Å². The lowest BCUT2D eigenvalue weighted by Gasteiger charge is -2.25. The molecule has 3 heterocycles. The quantitative estimate of drug-likeness (QED) is 0.674. The van der Waals surface area contributed by atoms with Crippen LogP contribution in [0.1, 0.15) is 30.3 Å². The highest BCUT2D eigenvalue weighted by molar-refractivity contribution is 7.16. The summed E-state index contributed by atoms with van der Waals surface area (Å²) in [6.45, 7) is 6.22. The molecule has 0 saturated carbocycles. The van der Waals surface area contributed by atoms with Gasteiger partial charge in [0.05, 0.1) is 19.8 Å². The van der Waals surface area contributed by atoms with Crippen molar-refractivity contribution in [3.8, 4) is 5.75 Å². The highest BCUT2D eigenvalue weighted by Gasteiger charge is 2.21. The first-order valence-corrected chi connectivity index (χ1v) is 9.38. The van der Waals surface area contributed by atoms with Gasteiger partial charge in [-0.25, -0.2) is 0 Å². The average Bonchev–Trinajstić information content (AvgIpc) is 3.23. The van der Waals surface area contributed by atoms with E-state index in [1.807, 2.05) is 34.8 Å². The Morgan fingerprint density at radius 1 is 1.20 bits per heavy atom. The molecule has 0 N–H and O–H groups in total. The van der Waals surface area contributed by atoms with Crippen molar-refractivity contribution in [3.63, 3.8) is 0 Å². The zero-order valence-corrected chi connectivity index (χ0v) is 15.0. The van der Waals surface area contributed by atoms with Gasteiger partial charge in [-0.3, -0.25) is 4.90 Å². The number of nitrogens with zero attached hydrogens (tertiary/aromatic N) is 5. The second-order valence-corrected chi connectivity index (χ2v) is 6.95. The van der Waals surface area contributed by atoms with Crippen molar-refractivity contribution >= 4 is 16.3 Å². The van der Waals surface area contributed by atoms with Crippen molar-refractivity contribution in [1.29, 1.82) is 0 Å². The van der Waals surface area contributed by atoms with Gasteiger partial charge in [-0.2, -0.15) is 9.61 Å². The van der Waals surface area contributed by atoms with Crippen LogP contribution in [0.4, 0.5) is 0 Å². The molecule has 1 fully saturated rings. The maximum Gasteiger partial charge on any atom is 0.234 e. The number of fused-ring (bicyclic) bond motifs is 1. The molecule has 1 atom stereocenters. The van der Waals surface area contributed by atoms with E-state index in [1.54, 1.807) is 11.3 Å². The van der Waals surface area contributed by atoms with E-state index in [0.29, 0.717) is 0 Å². The van der Waals surface area contributed by atoms with E-state index < -0.39 is 0 Å². The fourth-order valence-corrected chi connectivity index (χ4v) is 3.80. The monoisotopic (exact) mass is 359 g/mol. The van der Waals surface area contributed by atoms with Gasteiger partial charge in [0.25, 0.3) is 0 Å². The Morgan fingerprint density at radius 3 is 2.76 bits per heavy atom. The lowest BCUT2D eigenvalue weighted by atomic mass is 10.3. The third-order valence-corrected chi connectivity index (χ3v) is 5.20. The molecule has 3 aromatic rings. The molecule has 0 spiro atoms. The van der Waals surface area contributed by atoms with E-state index in [-0.39, 0.29) is 6.10 Å². The van der Waals surface area contributed by atoms with Gasteiger partial charge in [0.1, 0.15) is 5.75 Å². The maximum absolute atomic E-state index is 6.10. The topological polar surface area (TPSA) is 64.8 Å². The van der Waals surface area contributed by atoms with Crippen LogP contribution in [0.3, 0.4) is 0 Å². The number of para-hydroxylation sites is 1. The van der Waals surface area contributed by atoms with Crippen LogP contribution < -0.4 is 4.74 Å². The first-order valence-electron chi connectivity index (χ1n) is 8.56. The van der Waals surface area contributed by atoms with E-state index in [2.05, 4.69) is 22.0 Å². The highest BCUT2D eigenvalue weighted by Crippen LogP contribution is 2.28. The predicted molar refractivity (Wildman–Crippen MR) is 94.9 cm³/mol. The first-order chi connectivity index (χ1) is 12.3. The molecule has 0 aliphatic carbocycles. The van der Waals surface area contributed by atoms with E-state index in [9.17, 15) is 0 Å². The van der Waals surface area contributed by atoms with Crippen LogP contribution in [-0.4, -0.2) is 51.0 Å². The minimum atomic E-state index is -0.0784. The molecule has 1 saturated heterocycles. The van der Waals surface area contributed by atoms with Gasteiger partial charge < -0.3 is 9.47 Å². The van der Waals surface area contributed by atoms with Crippen molar-refractivity contribution in [2.75, 3.05) is 26.3 Å². The minimum Gasteiger partial charge on any atom is -0.483 e. The summed E-state index contributed by atoms with van der Waals surface area (Å²) in [5, 5.41) is 14.2. The van der Waals surface area contributed by atoms with E-state index in [4.69, 9.17) is 14.6 Å². The molecular formula is C17H21N5O2S. The Labute approximate surface area is 150 Å². The molecule has 1 aliphatic rings. The zero-order valence-electron chi connectivity index (χ0n) is 14.2. The highest BCUT2D eigenvalue weighted by atomic mass is 32.1. The summed E-state index contributed by atoms with van der Waals surface area (Å²) in [5.74, 6) is 1.72. The van der Waals surface area contributed by atoms with Crippen LogP contribution in [0.15, 0.2) is 30.3 Å². The lowest BCUT2D eigenvalue weighted by Crippen LogP contribution is -2.36. The van der Waals surface area contributed by atoms with Crippen LogP contribution in [0, 0.1) is 0 Å². The van der Waals surface area contributed by atoms with Gasteiger partial charge >= 0.3 is 0 Å². The average molecular weight is 359 g/mol. The van der Waals surface area contributed by atoms with Gasteiger partial charge in [-0.1, -0.05) is 36.5 Å². The molecule has 8 heteroatoms. The molecule has 7 nitrogen and oxygen atoms in total. The molecular weight excluding hydrogens is 338 g/mol. The number of benzene rings is 1. The van der Waals surface area contributed by atoms with Crippen molar-refractivity contribution < 1.29 is 9.47 Å². The van der Waals surface area contributed by atoms with Crippen molar-refractivity contribution in [1.82, 2.24) is 24.7 Å². The van der Waals surface area contributed by atoms with Gasteiger partial charge in [-0.05, 0) is 18.6 Å². The Bertz CT molecular complexity index is 813. The molecule has 0 bridgehead atoms. The largest absolute Gasteiger partial charge is 0.483 e. The Morgan fingerprint density at radius 2 is 2.00 bits per heavy atom. The number of hydrogen-bond donors (Lipinski definition) is 0. The molecule has 1 aliphatic heterocycles. The second kappa shape index (κ2) is 7.47. The summed E-state index contributed by atoms with van der Waals surface area (Å²) in [6.07, 6.45) is 0.767. The fourth-order valence-electron chi connectivity index (χ4n) is 2.83. The summed E-state index contributed by atoms with van der Waals surface area (Å²) >= 11 is 1.54. The van der Waals surface area contributed by atoms with Crippen LogP contribution in [0.2, 0.25) is 0 Å². The Hall–Kier alpha value is -2.03. The molecule has 25 heavy (non-hydrogen) atoms. The molecule has 0 radical (unpaired) electrons. The summed E-state index contributed by atoms with van der Waals surface area (Å²) in [7, 11) is 0. The van der Waals surface area contributed by atoms with Crippen LogP contribution in [-0.2, 0) is 11.3 Å². The fraction of sp³-hybridized carbons (Fsp3) is 0.471. The van der Waals surface area contributed by atoms with Crippen molar-refractivity contribution in [2.45, 2.75) is 26.0 Å². The zero-order chi connectivity index (χ0) is 17.1. The molecule has 132 valence electrons. The predicted octanol–water partition coefficient (Wildman–Crippen LogP) is 2.55. The normalized spacial score (nSPS) is 17.0. The first kappa shape index (κ1) is 16.4. The van der Waals surface area contributed by atoms with Crippen LogP contribution >= 0.6 is 11.3 Å². The van der Waals surface area contributed by atoms with E-state index in [1.165, 1.54) is 0 Å². The summed E-state index contributed by atoms with van der Waals surface area (Å²) in [4.78, 5) is 3.13. The van der Waals surface area contributed by atoms with E-state index >= 15 is 0 Å². The molecule has 4 rings (SSSR count). The Balaban J connectivity index is 1.53. The summed E-state index contributed by atoms with van der Waals surface area (Å²) in [6, 6.07) is 9.86. The van der Waals surface area contributed by atoms with Gasteiger partial charge in [0.15, 0.2) is 16.9 Å². The minimum absolute atomic E-state index is 0.0784.